The van der Waals surface area contributed by atoms with E-state index < -0.39 is 0 Å². The molecule has 0 saturated carbocycles. The second kappa shape index (κ2) is 8.62. The van der Waals surface area contributed by atoms with Crippen molar-refractivity contribution in [3.8, 4) is 11.1 Å². The van der Waals surface area contributed by atoms with Crippen molar-refractivity contribution >= 4 is 28.6 Å². The molecule has 0 radical (unpaired) electrons. The van der Waals surface area contributed by atoms with Crippen molar-refractivity contribution in [1.29, 1.82) is 5.41 Å². The van der Waals surface area contributed by atoms with Gasteiger partial charge in [-0.25, -0.2) is 4.98 Å². The minimum Gasteiger partial charge on any atom is -0.382 e. The first-order valence-electron chi connectivity index (χ1n) is 10.3. The van der Waals surface area contributed by atoms with Crippen LogP contribution < -0.4 is 10.6 Å². The van der Waals surface area contributed by atoms with Crippen molar-refractivity contribution in [3.63, 3.8) is 0 Å². The molecular weight excluding hydrogens is 360 g/mol. The van der Waals surface area contributed by atoms with Gasteiger partial charge in [0, 0.05) is 18.5 Å². The lowest BCUT2D eigenvalue weighted by Crippen LogP contribution is -2.36. The summed E-state index contributed by atoms with van der Waals surface area (Å²) in [5, 5.41) is 8.39. The topological polar surface area (TPSA) is 75.2 Å². The Hall–Kier alpha value is -2.92. The molecule has 1 fully saturated rings. The van der Waals surface area contributed by atoms with Crippen molar-refractivity contribution in [3.05, 3.63) is 53.6 Å². The SMILES string of the molecule is Cc1cccc(CCCC=N)c1-c1ccc2nc(N)c(N3CCOCC3)cc2c1. The third-order valence-electron chi connectivity index (χ3n) is 5.62. The molecule has 3 N–H and O–H groups in total. The molecule has 0 amide bonds. The molecule has 4 rings (SSSR count). The fourth-order valence-corrected chi connectivity index (χ4v) is 4.14. The van der Waals surface area contributed by atoms with E-state index in [1.807, 2.05) is 0 Å². The highest BCUT2D eigenvalue weighted by atomic mass is 16.5. The highest BCUT2D eigenvalue weighted by molar-refractivity contribution is 5.90. The zero-order valence-electron chi connectivity index (χ0n) is 16.9. The van der Waals surface area contributed by atoms with Gasteiger partial charge in [-0.2, -0.15) is 0 Å². The Labute approximate surface area is 172 Å². The van der Waals surface area contributed by atoms with Gasteiger partial charge in [0.1, 0.15) is 5.82 Å². The van der Waals surface area contributed by atoms with Crippen LogP contribution in [-0.4, -0.2) is 37.5 Å². The van der Waals surface area contributed by atoms with Crippen LogP contribution in [0.1, 0.15) is 24.0 Å². The molecule has 2 aromatic carbocycles. The zero-order chi connectivity index (χ0) is 20.2. The maximum atomic E-state index is 7.29. The van der Waals surface area contributed by atoms with Crippen LogP contribution in [0.3, 0.4) is 0 Å². The average Bonchev–Trinajstić information content (AvgIpc) is 2.74. The van der Waals surface area contributed by atoms with Crippen molar-refractivity contribution in [2.75, 3.05) is 36.9 Å². The number of hydrogen-bond donors (Lipinski definition) is 2. The van der Waals surface area contributed by atoms with Crippen LogP contribution in [0.4, 0.5) is 11.5 Å². The zero-order valence-corrected chi connectivity index (χ0v) is 16.9. The van der Waals surface area contributed by atoms with Gasteiger partial charge in [-0.3, -0.25) is 0 Å². The van der Waals surface area contributed by atoms with E-state index >= 15 is 0 Å². The summed E-state index contributed by atoms with van der Waals surface area (Å²) >= 11 is 0. The van der Waals surface area contributed by atoms with Gasteiger partial charge in [0.05, 0.1) is 24.4 Å². The molecule has 5 heteroatoms. The van der Waals surface area contributed by atoms with E-state index in [0.29, 0.717) is 5.82 Å². The van der Waals surface area contributed by atoms with Gasteiger partial charge in [0.25, 0.3) is 0 Å². The quantitative estimate of drug-likeness (QED) is 0.478. The Balaban J connectivity index is 1.75. The fourth-order valence-electron chi connectivity index (χ4n) is 4.14. The lowest BCUT2D eigenvalue weighted by molar-refractivity contribution is 0.123. The third-order valence-corrected chi connectivity index (χ3v) is 5.62. The van der Waals surface area contributed by atoms with Crippen LogP contribution >= 0.6 is 0 Å². The smallest absolute Gasteiger partial charge is 0.147 e. The van der Waals surface area contributed by atoms with Gasteiger partial charge in [-0.05, 0) is 72.9 Å². The number of morpholine rings is 1. The first-order chi connectivity index (χ1) is 14.2. The molecule has 0 spiro atoms. The Morgan fingerprint density at radius 1 is 1.17 bits per heavy atom. The number of ether oxygens (including phenoxy) is 1. The van der Waals surface area contributed by atoms with Gasteiger partial charge >= 0.3 is 0 Å². The van der Waals surface area contributed by atoms with Gasteiger partial charge in [0.2, 0.25) is 0 Å². The lowest BCUT2D eigenvalue weighted by Gasteiger charge is -2.29. The van der Waals surface area contributed by atoms with E-state index in [1.165, 1.54) is 28.5 Å². The number of fused-ring (bicyclic) bond motifs is 1. The highest BCUT2D eigenvalue weighted by Gasteiger charge is 2.16. The molecule has 1 aliphatic heterocycles. The number of benzene rings is 2. The van der Waals surface area contributed by atoms with Crippen LogP contribution in [0, 0.1) is 12.3 Å². The van der Waals surface area contributed by atoms with E-state index in [-0.39, 0.29) is 0 Å². The van der Waals surface area contributed by atoms with Crippen molar-refractivity contribution in [2.45, 2.75) is 26.2 Å². The molecule has 1 aromatic heterocycles. The molecule has 0 aliphatic carbocycles. The maximum absolute atomic E-state index is 7.29. The van der Waals surface area contributed by atoms with Crippen molar-refractivity contribution < 1.29 is 4.74 Å². The molecule has 3 aromatic rings. The Kier molecular flexibility index (Phi) is 5.76. The molecule has 0 atom stereocenters. The molecular formula is C24H28N4O. The molecule has 150 valence electrons. The maximum Gasteiger partial charge on any atom is 0.147 e. The number of nitrogens with zero attached hydrogens (tertiary/aromatic N) is 2. The van der Waals surface area contributed by atoms with Crippen molar-refractivity contribution in [1.82, 2.24) is 4.98 Å². The monoisotopic (exact) mass is 388 g/mol. The summed E-state index contributed by atoms with van der Waals surface area (Å²) in [6.45, 7) is 5.29. The number of nitrogens with two attached hydrogens (primary N) is 1. The average molecular weight is 389 g/mol. The van der Waals surface area contributed by atoms with Gasteiger partial charge < -0.3 is 20.8 Å². The number of hydrogen-bond acceptors (Lipinski definition) is 5. The van der Waals surface area contributed by atoms with E-state index in [4.69, 9.17) is 15.9 Å². The summed E-state index contributed by atoms with van der Waals surface area (Å²) in [4.78, 5) is 6.92. The first kappa shape index (κ1) is 19.4. The summed E-state index contributed by atoms with van der Waals surface area (Å²) in [7, 11) is 0. The number of aromatic nitrogens is 1. The Bertz CT molecular complexity index is 1020. The van der Waals surface area contributed by atoms with Crippen LogP contribution in [0.15, 0.2) is 42.5 Å². The Morgan fingerprint density at radius 3 is 2.79 bits per heavy atom. The summed E-state index contributed by atoms with van der Waals surface area (Å²) < 4.78 is 5.48. The normalized spacial score (nSPS) is 14.3. The van der Waals surface area contributed by atoms with E-state index in [1.54, 1.807) is 0 Å². The molecule has 1 aliphatic rings. The molecule has 5 nitrogen and oxygen atoms in total. The summed E-state index contributed by atoms with van der Waals surface area (Å²) in [6, 6.07) is 15.1. The lowest BCUT2D eigenvalue weighted by atomic mass is 9.91. The second-order valence-corrected chi connectivity index (χ2v) is 7.61. The molecule has 0 bridgehead atoms. The summed E-state index contributed by atoms with van der Waals surface area (Å²) in [6.07, 6.45) is 4.28. The van der Waals surface area contributed by atoms with Gasteiger partial charge in [-0.15, -0.1) is 0 Å². The third kappa shape index (κ3) is 4.10. The summed E-state index contributed by atoms with van der Waals surface area (Å²) in [5.41, 5.74) is 13.3. The summed E-state index contributed by atoms with van der Waals surface area (Å²) in [5.74, 6) is 0.579. The Morgan fingerprint density at radius 2 is 2.00 bits per heavy atom. The standard InChI is InChI=1S/C24H28N4O/c1-17-5-4-7-18(6-2-3-10-25)23(17)19-8-9-21-20(15-19)16-22(24(26)27-21)28-11-13-29-14-12-28/h4-5,7-10,15-16,25H,2-3,6,11-14H2,1H3,(H2,26,27). The number of nitrogen functional groups attached to an aromatic ring is 1. The van der Waals surface area contributed by atoms with Crippen LogP contribution in [-0.2, 0) is 11.2 Å². The molecule has 0 unspecified atom stereocenters. The predicted octanol–water partition coefficient (Wildman–Crippen LogP) is 4.60. The van der Waals surface area contributed by atoms with Crippen LogP contribution in [0.25, 0.3) is 22.0 Å². The van der Waals surface area contributed by atoms with E-state index in [2.05, 4.69) is 59.3 Å². The first-order valence-corrected chi connectivity index (χ1v) is 10.3. The molecule has 29 heavy (non-hydrogen) atoms. The van der Waals surface area contributed by atoms with Gasteiger partial charge in [0.15, 0.2) is 0 Å². The fraction of sp³-hybridized carbons (Fsp3) is 0.333. The van der Waals surface area contributed by atoms with E-state index in [9.17, 15) is 0 Å². The largest absolute Gasteiger partial charge is 0.382 e. The van der Waals surface area contributed by atoms with Crippen molar-refractivity contribution in [2.24, 2.45) is 0 Å². The second-order valence-electron chi connectivity index (χ2n) is 7.61. The van der Waals surface area contributed by atoms with E-state index in [0.717, 1.165) is 62.2 Å². The predicted molar refractivity (Wildman–Crippen MR) is 121 cm³/mol. The number of anilines is 2. The van der Waals surface area contributed by atoms with Gasteiger partial charge in [-0.1, -0.05) is 24.3 Å². The molecule has 2 heterocycles. The number of unbranched alkanes of at least 4 members (excludes halogenated alkanes) is 1. The van der Waals surface area contributed by atoms with Crippen LogP contribution in [0.5, 0.6) is 0 Å². The number of nitrogens with one attached hydrogen (secondary N) is 1. The molecule has 1 saturated heterocycles. The number of rotatable bonds is 6. The minimum absolute atomic E-state index is 0.579. The number of aryl methyl sites for hydroxylation is 2. The minimum atomic E-state index is 0.579. The highest BCUT2D eigenvalue weighted by Crippen LogP contribution is 2.33. The number of pyridine rings is 1. The van der Waals surface area contributed by atoms with Crippen LogP contribution in [0.2, 0.25) is 0 Å².